The number of hydrogen-bond donors (Lipinski definition) is 1. The van der Waals surface area contributed by atoms with Crippen molar-refractivity contribution in [3.05, 3.63) is 110 Å². The first-order chi connectivity index (χ1) is 15.3. The van der Waals surface area contributed by atoms with E-state index in [0.29, 0.717) is 16.3 Å². The van der Waals surface area contributed by atoms with Crippen LogP contribution >= 0.6 is 11.6 Å². The molecule has 0 aliphatic carbocycles. The molecule has 1 amide bonds. The predicted molar refractivity (Wildman–Crippen MR) is 121 cm³/mol. The Hall–Kier alpha value is -3.97. The Bertz CT molecular complexity index is 1250. The number of nitro benzene ring substituents is 1. The van der Waals surface area contributed by atoms with Gasteiger partial charge in [0, 0.05) is 28.4 Å². The maximum absolute atomic E-state index is 13.1. The fourth-order valence-corrected chi connectivity index (χ4v) is 3.79. The number of aliphatic hydroxyl groups excluding tert-OH is 1. The molecule has 0 radical (unpaired) electrons. The number of hydrogen-bond acceptors (Lipinski definition) is 5. The molecular formula is C24H17ClN2O5. The third kappa shape index (κ3) is 3.74. The van der Waals surface area contributed by atoms with Gasteiger partial charge in [-0.2, -0.15) is 0 Å². The number of benzene rings is 3. The topological polar surface area (TPSA) is 101 Å². The standard InChI is InChI=1S/C24H17ClN2O5/c1-14-2-10-18(11-3-14)26-21(15-4-8-17(25)9-5-15)20(23(29)24(26)30)22(28)16-6-12-19(13-7-16)27(31)32/h2-13,21,28H,1H3/t21-/m1/s1. The number of anilines is 1. The Kier molecular flexibility index (Phi) is 5.50. The molecule has 3 aromatic carbocycles. The zero-order valence-corrected chi connectivity index (χ0v) is 17.6. The molecule has 0 spiro atoms. The van der Waals surface area contributed by atoms with Gasteiger partial charge < -0.3 is 5.11 Å². The van der Waals surface area contributed by atoms with Crippen molar-refractivity contribution in [3.8, 4) is 0 Å². The van der Waals surface area contributed by atoms with E-state index in [1.165, 1.54) is 29.2 Å². The molecule has 0 saturated carbocycles. The van der Waals surface area contributed by atoms with E-state index < -0.39 is 28.4 Å². The van der Waals surface area contributed by atoms with Gasteiger partial charge in [-0.1, -0.05) is 41.4 Å². The minimum absolute atomic E-state index is 0.105. The second kappa shape index (κ2) is 8.28. The first-order valence-corrected chi connectivity index (χ1v) is 10.0. The molecule has 1 fully saturated rings. The fraction of sp³-hybridized carbons (Fsp3) is 0.0833. The summed E-state index contributed by atoms with van der Waals surface area (Å²) >= 11 is 6.02. The predicted octanol–water partition coefficient (Wildman–Crippen LogP) is 5.18. The van der Waals surface area contributed by atoms with Crippen molar-refractivity contribution in [1.82, 2.24) is 0 Å². The fourth-order valence-electron chi connectivity index (χ4n) is 3.66. The van der Waals surface area contributed by atoms with Crippen molar-refractivity contribution in [2.45, 2.75) is 13.0 Å². The van der Waals surface area contributed by atoms with Gasteiger partial charge in [-0.3, -0.25) is 24.6 Å². The molecular weight excluding hydrogens is 432 g/mol. The molecule has 1 saturated heterocycles. The normalized spacial score (nSPS) is 17.6. The summed E-state index contributed by atoms with van der Waals surface area (Å²) < 4.78 is 0. The number of nitrogens with zero attached hydrogens (tertiary/aromatic N) is 2. The smallest absolute Gasteiger partial charge is 0.300 e. The van der Waals surface area contributed by atoms with E-state index in [9.17, 15) is 24.8 Å². The molecule has 32 heavy (non-hydrogen) atoms. The average Bonchev–Trinajstić information content (AvgIpc) is 3.05. The number of carbonyl (C=O) groups is 2. The van der Waals surface area contributed by atoms with Crippen LogP contribution in [0.4, 0.5) is 11.4 Å². The van der Waals surface area contributed by atoms with Crippen molar-refractivity contribution in [2.75, 3.05) is 4.90 Å². The summed E-state index contributed by atoms with van der Waals surface area (Å²) in [4.78, 5) is 37.8. The average molecular weight is 449 g/mol. The lowest BCUT2D eigenvalue weighted by Gasteiger charge is -2.25. The van der Waals surface area contributed by atoms with Gasteiger partial charge in [-0.05, 0) is 48.9 Å². The summed E-state index contributed by atoms with van der Waals surface area (Å²) in [5, 5.41) is 22.4. The van der Waals surface area contributed by atoms with Crippen LogP contribution in [0, 0.1) is 17.0 Å². The summed E-state index contributed by atoms with van der Waals surface area (Å²) in [6, 6.07) is 18.0. The summed E-state index contributed by atoms with van der Waals surface area (Å²) in [6.45, 7) is 1.91. The Morgan fingerprint density at radius 2 is 1.56 bits per heavy atom. The van der Waals surface area contributed by atoms with Crippen molar-refractivity contribution in [3.63, 3.8) is 0 Å². The molecule has 1 aliphatic rings. The summed E-state index contributed by atoms with van der Waals surface area (Å²) in [5.74, 6) is -2.04. The van der Waals surface area contributed by atoms with E-state index in [1.807, 2.05) is 19.1 Å². The molecule has 1 N–H and O–H groups in total. The van der Waals surface area contributed by atoms with Gasteiger partial charge in [0.1, 0.15) is 5.76 Å². The largest absolute Gasteiger partial charge is 0.507 e. The number of carbonyl (C=O) groups excluding carboxylic acids is 2. The van der Waals surface area contributed by atoms with Crippen molar-refractivity contribution in [2.24, 2.45) is 0 Å². The van der Waals surface area contributed by atoms with Gasteiger partial charge in [0.15, 0.2) is 0 Å². The number of aliphatic hydroxyl groups is 1. The van der Waals surface area contributed by atoms with E-state index in [2.05, 4.69) is 0 Å². The van der Waals surface area contributed by atoms with E-state index in [1.54, 1.807) is 36.4 Å². The zero-order valence-electron chi connectivity index (χ0n) is 16.9. The molecule has 1 aliphatic heterocycles. The quantitative estimate of drug-likeness (QED) is 0.195. The van der Waals surface area contributed by atoms with Crippen LogP contribution in [-0.4, -0.2) is 21.7 Å². The van der Waals surface area contributed by atoms with Crippen LogP contribution in [0.5, 0.6) is 0 Å². The Morgan fingerprint density at radius 3 is 2.12 bits per heavy atom. The van der Waals surface area contributed by atoms with Crippen LogP contribution in [0.15, 0.2) is 78.4 Å². The van der Waals surface area contributed by atoms with E-state index in [-0.39, 0.29) is 16.8 Å². The molecule has 1 atom stereocenters. The maximum atomic E-state index is 13.1. The SMILES string of the molecule is Cc1ccc(N2C(=O)C(=O)C(=C(O)c3ccc([N+](=O)[O-])cc3)[C@H]2c2ccc(Cl)cc2)cc1. The Labute approximate surface area is 188 Å². The summed E-state index contributed by atoms with van der Waals surface area (Å²) in [5.41, 5.74) is 2.00. The monoisotopic (exact) mass is 448 g/mol. The highest BCUT2D eigenvalue weighted by molar-refractivity contribution is 6.51. The van der Waals surface area contributed by atoms with Crippen LogP contribution in [0.3, 0.4) is 0 Å². The molecule has 1 heterocycles. The molecule has 0 unspecified atom stereocenters. The molecule has 8 heteroatoms. The lowest BCUT2D eigenvalue weighted by atomic mass is 9.95. The molecule has 160 valence electrons. The maximum Gasteiger partial charge on any atom is 0.300 e. The summed E-state index contributed by atoms with van der Waals surface area (Å²) in [6.07, 6.45) is 0. The Balaban J connectivity index is 1.90. The molecule has 7 nitrogen and oxygen atoms in total. The van der Waals surface area contributed by atoms with E-state index in [4.69, 9.17) is 11.6 Å². The highest BCUT2D eigenvalue weighted by Gasteiger charge is 2.46. The molecule has 3 aromatic rings. The lowest BCUT2D eigenvalue weighted by Crippen LogP contribution is -2.29. The lowest BCUT2D eigenvalue weighted by molar-refractivity contribution is -0.384. The Morgan fingerprint density at radius 1 is 0.969 bits per heavy atom. The molecule has 4 rings (SSSR count). The van der Waals surface area contributed by atoms with Crippen molar-refractivity contribution in [1.29, 1.82) is 0 Å². The first-order valence-electron chi connectivity index (χ1n) is 9.66. The van der Waals surface area contributed by atoms with Gasteiger partial charge in [-0.15, -0.1) is 0 Å². The highest BCUT2D eigenvalue weighted by Crippen LogP contribution is 2.42. The van der Waals surface area contributed by atoms with Gasteiger partial charge in [-0.25, -0.2) is 0 Å². The van der Waals surface area contributed by atoms with Crippen molar-refractivity contribution >= 4 is 40.4 Å². The minimum atomic E-state index is -0.898. The second-order valence-electron chi connectivity index (χ2n) is 7.36. The number of aryl methyl sites for hydroxylation is 1. The molecule has 0 bridgehead atoms. The minimum Gasteiger partial charge on any atom is -0.507 e. The third-order valence-electron chi connectivity index (χ3n) is 5.29. The van der Waals surface area contributed by atoms with Crippen LogP contribution in [-0.2, 0) is 9.59 Å². The van der Waals surface area contributed by atoms with Crippen LogP contribution in [0.25, 0.3) is 5.76 Å². The van der Waals surface area contributed by atoms with Crippen LogP contribution in [0.1, 0.15) is 22.7 Å². The number of non-ortho nitro benzene ring substituents is 1. The van der Waals surface area contributed by atoms with Gasteiger partial charge >= 0.3 is 0 Å². The zero-order chi connectivity index (χ0) is 23.0. The number of rotatable bonds is 4. The van der Waals surface area contributed by atoms with E-state index in [0.717, 1.165) is 5.56 Å². The number of ketones is 1. The molecule has 0 aromatic heterocycles. The van der Waals surface area contributed by atoms with Gasteiger partial charge in [0.2, 0.25) is 0 Å². The number of nitro groups is 1. The number of amides is 1. The van der Waals surface area contributed by atoms with Crippen LogP contribution in [0.2, 0.25) is 5.02 Å². The van der Waals surface area contributed by atoms with Gasteiger partial charge in [0.05, 0.1) is 16.5 Å². The van der Waals surface area contributed by atoms with Crippen LogP contribution < -0.4 is 4.90 Å². The highest BCUT2D eigenvalue weighted by atomic mass is 35.5. The summed E-state index contributed by atoms with van der Waals surface area (Å²) in [7, 11) is 0. The third-order valence-corrected chi connectivity index (χ3v) is 5.55. The second-order valence-corrected chi connectivity index (χ2v) is 7.80. The number of halogens is 1. The van der Waals surface area contributed by atoms with E-state index >= 15 is 0 Å². The number of Topliss-reactive ketones (excluding diaryl/α,β-unsaturated/α-hetero) is 1. The first kappa shape index (κ1) is 21.3. The van der Waals surface area contributed by atoms with Gasteiger partial charge in [0.25, 0.3) is 17.4 Å². The van der Waals surface area contributed by atoms with Crippen molar-refractivity contribution < 1.29 is 19.6 Å².